The molecule has 23 heavy (non-hydrogen) atoms. The van der Waals surface area contributed by atoms with Gasteiger partial charge in [0.1, 0.15) is 5.75 Å². The first-order valence-electron chi connectivity index (χ1n) is 7.46. The van der Waals surface area contributed by atoms with Gasteiger partial charge in [-0.1, -0.05) is 50.2 Å². The monoisotopic (exact) mass is 323 g/mol. The van der Waals surface area contributed by atoms with E-state index in [9.17, 15) is 13.2 Å². The first-order chi connectivity index (χ1) is 10.8. The molecule has 124 valence electrons. The average Bonchev–Trinajstić information content (AvgIpc) is 2.45. The van der Waals surface area contributed by atoms with Crippen LogP contribution in [0.4, 0.5) is 13.2 Å². The fourth-order valence-corrected chi connectivity index (χ4v) is 2.43. The van der Waals surface area contributed by atoms with Gasteiger partial charge in [-0.15, -0.1) is 13.2 Å². The first kappa shape index (κ1) is 17.3. The minimum Gasteiger partial charge on any atom is -0.405 e. The predicted molar refractivity (Wildman–Crippen MR) is 85.0 cm³/mol. The summed E-state index contributed by atoms with van der Waals surface area (Å²) < 4.78 is 41.6. The summed E-state index contributed by atoms with van der Waals surface area (Å²) in [6.07, 6.45) is -3.77. The molecule has 2 rings (SSSR count). The van der Waals surface area contributed by atoms with Gasteiger partial charge in [0.2, 0.25) is 0 Å². The van der Waals surface area contributed by atoms with Gasteiger partial charge in [-0.3, -0.25) is 0 Å². The summed E-state index contributed by atoms with van der Waals surface area (Å²) in [4.78, 5) is 0. The smallest absolute Gasteiger partial charge is 0.405 e. The van der Waals surface area contributed by atoms with Crippen molar-refractivity contribution in [2.24, 2.45) is 11.7 Å². The molecule has 0 aliphatic carbocycles. The third-order valence-electron chi connectivity index (χ3n) is 3.44. The first-order valence-corrected chi connectivity index (χ1v) is 7.46. The number of hydrogen-bond donors (Lipinski definition) is 1. The molecule has 2 aromatic carbocycles. The Kier molecular flexibility index (Phi) is 5.31. The molecule has 2 N–H and O–H groups in total. The van der Waals surface area contributed by atoms with Crippen LogP contribution in [0, 0.1) is 5.92 Å². The number of rotatable bonds is 5. The van der Waals surface area contributed by atoms with Crippen molar-refractivity contribution in [2.45, 2.75) is 33.2 Å². The lowest BCUT2D eigenvalue weighted by atomic mass is 9.98. The normalized spacial score (nSPS) is 11.8. The van der Waals surface area contributed by atoms with E-state index in [1.165, 1.54) is 11.6 Å². The summed E-state index contributed by atoms with van der Waals surface area (Å²) in [5.41, 5.74) is 8.51. The van der Waals surface area contributed by atoms with Gasteiger partial charge in [0, 0.05) is 12.1 Å². The maximum absolute atomic E-state index is 12.5. The largest absolute Gasteiger partial charge is 0.573 e. The molecular weight excluding hydrogens is 303 g/mol. The standard InChI is InChI=1S/C18H20F3NO/c1-12(2)9-13-3-5-14(6-4-13)15-7-8-16(11-22)17(10-15)23-18(19,20)21/h3-8,10,12H,9,11,22H2,1-2H3. The Balaban J connectivity index is 2.30. The van der Waals surface area contributed by atoms with Crippen LogP contribution in [0.2, 0.25) is 0 Å². The SMILES string of the molecule is CC(C)Cc1ccc(-c2ccc(CN)c(OC(F)(F)F)c2)cc1. The summed E-state index contributed by atoms with van der Waals surface area (Å²) in [7, 11) is 0. The lowest BCUT2D eigenvalue weighted by Crippen LogP contribution is -2.18. The topological polar surface area (TPSA) is 35.2 Å². The van der Waals surface area contributed by atoms with E-state index in [2.05, 4.69) is 18.6 Å². The highest BCUT2D eigenvalue weighted by atomic mass is 19.4. The van der Waals surface area contributed by atoms with Crippen LogP contribution in [0.25, 0.3) is 11.1 Å². The maximum Gasteiger partial charge on any atom is 0.573 e. The van der Waals surface area contributed by atoms with E-state index in [-0.39, 0.29) is 12.3 Å². The number of halogens is 3. The molecule has 0 aliphatic rings. The molecule has 0 spiro atoms. The highest BCUT2D eigenvalue weighted by Crippen LogP contribution is 2.31. The Bertz CT molecular complexity index is 648. The second-order valence-corrected chi connectivity index (χ2v) is 5.87. The van der Waals surface area contributed by atoms with Crippen LogP contribution in [0.1, 0.15) is 25.0 Å². The van der Waals surface area contributed by atoms with Crippen molar-refractivity contribution in [3.8, 4) is 16.9 Å². The Morgan fingerprint density at radius 2 is 1.61 bits per heavy atom. The minimum atomic E-state index is -4.73. The van der Waals surface area contributed by atoms with Gasteiger partial charge in [0.05, 0.1) is 0 Å². The van der Waals surface area contributed by atoms with E-state index in [4.69, 9.17) is 5.73 Å². The molecule has 0 bridgehead atoms. The summed E-state index contributed by atoms with van der Waals surface area (Å²) in [5.74, 6) is 0.306. The fraction of sp³-hybridized carbons (Fsp3) is 0.333. The van der Waals surface area contributed by atoms with Gasteiger partial charge in [-0.25, -0.2) is 0 Å². The molecular formula is C18H20F3NO. The average molecular weight is 323 g/mol. The quantitative estimate of drug-likeness (QED) is 0.848. The number of nitrogens with two attached hydrogens (primary N) is 1. The van der Waals surface area contributed by atoms with Crippen molar-refractivity contribution in [2.75, 3.05) is 0 Å². The van der Waals surface area contributed by atoms with E-state index in [1.807, 2.05) is 24.3 Å². The van der Waals surface area contributed by atoms with Crippen LogP contribution in [0.5, 0.6) is 5.75 Å². The molecule has 2 aromatic rings. The zero-order valence-electron chi connectivity index (χ0n) is 13.2. The molecule has 0 unspecified atom stereocenters. The van der Waals surface area contributed by atoms with Crippen LogP contribution in [0.3, 0.4) is 0 Å². The molecule has 0 fully saturated rings. The van der Waals surface area contributed by atoms with Crippen molar-refractivity contribution >= 4 is 0 Å². The summed E-state index contributed by atoms with van der Waals surface area (Å²) >= 11 is 0. The third kappa shape index (κ3) is 4.99. The van der Waals surface area contributed by atoms with Crippen LogP contribution >= 0.6 is 0 Å². The number of hydrogen-bond acceptors (Lipinski definition) is 2. The molecule has 0 heterocycles. The van der Waals surface area contributed by atoms with E-state index in [0.29, 0.717) is 17.0 Å². The molecule has 0 saturated heterocycles. The van der Waals surface area contributed by atoms with Crippen molar-refractivity contribution in [1.82, 2.24) is 0 Å². The van der Waals surface area contributed by atoms with E-state index in [0.717, 1.165) is 12.0 Å². The van der Waals surface area contributed by atoms with Gasteiger partial charge in [0.15, 0.2) is 0 Å². The van der Waals surface area contributed by atoms with Crippen LogP contribution in [-0.4, -0.2) is 6.36 Å². The molecule has 5 heteroatoms. The number of ether oxygens (including phenoxy) is 1. The maximum atomic E-state index is 12.5. The van der Waals surface area contributed by atoms with Gasteiger partial charge in [-0.05, 0) is 35.1 Å². The molecule has 0 atom stereocenters. The van der Waals surface area contributed by atoms with Gasteiger partial charge < -0.3 is 10.5 Å². The molecule has 0 saturated carbocycles. The zero-order valence-corrected chi connectivity index (χ0v) is 13.2. The van der Waals surface area contributed by atoms with Crippen LogP contribution in [-0.2, 0) is 13.0 Å². The van der Waals surface area contributed by atoms with Gasteiger partial charge in [-0.2, -0.15) is 0 Å². The van der Waals surface area contributed by atoms with Crippen molar-refractivity contribution in [3.63, 3.8) is 0 Å². The summed E-state index contributed by atoms with van der Waals surface area (Å²) in [6.45, 7) is 4.26. The third-order valence-corrected chi connectivity index (χ3v) is 3.44. The molecule has 0 amide bonds. The van der Waals surface area contributed by atoms with Crippen molar-refractivity contribution in [1.29, 1.82) is 0 Å². The van der Waals surface area contributed by atoms with E-state index in [1.54, 1.807) is 12.1 Å². The Morgan fingerprint density at radius 3 is 2.13 bits per heavy atom. The second kappa shape index (κ2) is 7.04. The van der Waals surface area contributed by atoms with Gasteiger partial charge >= 0.3 is 6.36 Å². The minimum absolute atomic E-state index is 0.0149. The van der Waals surface area contributed by atoms with Crippen LogP contribution < -0.4 is 10.5 Å². The van der Waals surface area contributed by atoms with Crippen molar-refractivity contribution in [3.05, 3.63) is 53.6 Å². The van der Waals surface area contributed by atoms with Crippen molar-refractivity contribution < 1.29 is 17.9 Å². The molecule has 0 aromatic heterocycles. The second-order valence-electron chi connectivity index (χ2n) is 5.87. The van der Waals surface area contributed by atoms with E-state index >= 15 is 0 Å². The molecule has 0 aliphatic heterocycles. The summed E-state index contributed by atoms with van der Waals surface area (Å²) in [6, 6.07) is 12.5. The highest BCUT2D eigenvalue weighted by Gasteiger charge is 2.32. The zero-order chi connectivity index (χ0) is 17.0. The lowest BCUT2D eigenvalue weighted by Gasteiger charge is -2.14. The predicted octanol–water partition coefficient (Wildman–Crippen LogP) is 4.91. The lowest BCUT2D eigenvalue weighted by molar-refractivity contribution is -0.274. The fourth-order valence-electron chi connectivity index (χ4n) is 2.43. The van der Waals surface area contributed by atoms with Gasteiger partial charge in [0.25, 0.3) is 0 Å². The number of benzene rings is 2. The Morgan fingerprint density at radius 1 is 1.00 bits per heavy atom. The van der Waals surface area contributed by atoms with Crippen LogP contribution in [0.15, 0.2) is 42.5 Å². The molecule has 0 radical (unpaired) electrons. The Labute approximate surface area is 134 Å². The Hall–Kier alpha value is -2.01. The highest BCUT2D eigenvalue weighted by molar-refractivity contribution is 5.66. The summed E-state index contributed by atoms with van der Waals surface area (Å²) in [5, 5.41) is 0. The molecule has 2 nitrogen and oxygen atoms in total. The van der Waals surface area contributed by atoms with E-state index < -0.39 is 6.36 Å². The number of alkyl halides is 3.